The largest absolute Gasteiger partial charge is 0.282 e. The summed E-state index contributed by atoms with van der Waals surface area (Å²) in [7, 11) is -1.04. The third-order valence-electron chi connectivity index (χ3n) is 3.17. The van der Waals surface area contributed by atoms with Crippen molar-refractivity contribution in [3.05, 3.63) is 34.6 Å². The first-order valence-corrected chi connectivity index (χ1v) is 7.97. The molecular formula is C13H17ClFN3O2S. The maximum absolute atomic E-state index is 13.7. The van der Waals surface area contributed by atoms with Gasteiger partial charge in [0.1, 0.15) is 5.82 Å². The Morgan fingerprint density at radius 1 is 1.43 bits per heavy atom. The monoisotopic (exact) mass is 333 g/mol. The molecule has 1 aromatic rings. The second-order valence-corrected chi connectivity index (χ2v) is 7.26. The van der Waals surface area contributed by atoms with Crippen molar-refractivity contribution < 1.29 is 12.8 Å². The van der Waals surface area contributed by atoms with Crippen LogP contribution in [0.1, 0.15) is 18.9 Å². The minimum absolute atomic E-state index is 0.0785. The van der Waals surface area contributed by atoms with Gasteiger partial charge in [-0.05, 0) is 25.1 Å². The molecule has 116 valence electrons. The number of nitrogens with zero attached hydrogens (tertiary/aromatic N) is 3. The summed E-state index contributed by atoms with van der Waals surface area (Å²) in [6, 6.07) is 5.44. The molecule has 0 unspecified atom stereocenters. The molecule has 0 saturated heterocycles. The molecule has 0 radical (unpaired) electrons. The molecule has 0 bridgehead atoms. The Labute approximate surface area is 129 Å². The van der Waals surface area contributed by atoms with Crippen LogP contribution in [0, 0.1) is 17.1 Å². The Balaban J connectivity index is 2.94. The van der Waals surface area contributed by atoms with Crippen LogP contribution in [0.2, 0.25) is 5.02 Å². The SMILES string of the molecule is C[C@@H](CC#N)N(C)S(=O)(=O)N(C)Cc1cc(Cl)ccc1F. The second kappa shape index (κ2) is 7.18. The topological polar surface area (TPSA) is 64.4 Å². The van der Waals surface area contributed by atoms with E-state index >= 15 is 0 Å². The average molecular weight is 334 g/mol. The second-order valence-electron chi connectivity index (χ2n) is 4.73. The smallest absolute Gasteiger partial charge is 0.207 e. The van der Waals surface area contributed by atoms with E-state index in [1.54, 1.807) is 6.92 Å². The van der Waals surface area contributed by atoms with Crippen molar-refractivity contribution in [3.8, 4) is 6.07 Å². The molecule has 0 aliphatic carbocycles. The Bertz CT molecular complexity index is 645. The van der Waals surface area contributed by atoms with Gasteiger partial charge in [0.05, 0.1) is 12.5 Å². The van der Waals surface area contributed by atoms with Crippen molar-refractivity contribution in [2.75, 3.05) is 14.1 Å². The van der Waals surface area contributed by atoms with Gasteiger partial charge in [0, 0.05) is 37.3 Å². The van der Waals surface area contributed by atoms with Gasteiger partial charge in [0.25, 0.3) is 10.2 Å². The molecule has 1 aromatic carbocycles. The lowest BCUT2D eigenvalue weighted by atomic mass is 10.2. The Kier molecular flexibility index (Phi) is 6.10. The molecule has 1 atom stereocenters. The van der Waals surface area contributed by atoms with Crippen LogP contribution in [0.25, 0.3) is 0 Å². The highest BCUT2D eigenvalue weighted by molar-refractivity contribution is 7.86. The Morgan fingerprint density at radius 2 is 2.05 bits per heavy atom. The third kappa shape index (κ3) is 4.38. The van der Waals surface area contributed by atoms with Crippen molar-refractivity contribution in [3.63, 3.8) is 0 Å². The maximum Gasteiger partial charge on any atom is 0.282 e. The molecule has 0 spiro atoms. The summed E-state index contributed by atoms with van der Waals surface area (Å²) in [6.45, 7) is 1.49. The number of hydrogen-bond acceptors (Lipinski definition) is 3. The number of hydrogen-bond donors (Lipinski definition) is 0. The minimum atomic E-state index is -3.78. The zero-order valence-corrected chi connectivity index (χ0v) is 13.6. The molecule has 0 aliphatic rings. The number of nitriles is 1. The summed E-state index contributed by atoms with van der Waals surface area (Å²) in [6.07, 6.45) is 0.0785. The van der Waals surface area contributed by atoms with Gasteiger partial charge in [0.2, 0.25) is 0 Å². The summed E-state index contributed by atoms with van der Waals surface area (Å²) in [5.41, 5.74) is 0.190. The van der Waals surface area contributed by atoms with Gasteiger partial charge in [-0.3, -0.25) is 0 Å². The molecule has 5 nitrogen and oxygen atoms in total. The lowest BCUT2D eigenvalue weighted by Gasteiger charge is -2.28. The molecule has 0 amide bonds. The predicted molar refractivity (Wildman–Crippen MR) is 79.3 cm³/mol. The summed E-state index contributed by atoms with van der Waals surface area (Å²) in [4.78, 5) is 0. The van der Waals surface area contributed by atoms with Crippen LogP contribution in [0.4, 0.5) is 4.39 Å². The molecule has 8 heteroatoms. The molecule has 0 heterocycles. The summed E-state index contributed by atoms with van der Waals surface area (Å²) in [5.74, 6) is -0.519. The minimum Gasteiger partial charge on any atom is -0.207 e. The summed E-state index contributed by atoms with van der Waals surface area (Å²) in [5, 5.41) is 8.98. The fraction of sp³-hybridized carbons (Fsp3) is 0.462. The first kappa shape index (κ1) is 17.9. The van der Waals surface area contributed by atoms with Crippen LogP contribution in [0.15, 0.2) is 18.2 Å². The fourth-order valence-electron chi connectivity index (χ4n) is 1.69. The van der Waals surface area contributed by atoms with E-state index in [2.05, 4.69) is 0 Å². The Hall–Kier alpha value is -1.20. The maximum atomic E-state index is 13.7. The van der Waals surface area contributed by atoms with Crippen LogP contribution in [0.5, 0.6) is 0 Å². The number of rotatable bonds is 6. The van der Waals surface area contributed by atoms with Gasteiger partial charge in [0.15, 0.2) is 0 Å². The van der Waals surface area contributed by atoms with Gasteiger partial charge >= 0.3 is 0 Å². The van der Waals surface area contributed by atoms with Gasteiger partial charge in [-0.2, -0.15) is 22.3 Å². The van der Waals surface area contributed by atoms with Crippen molar-refractivity contribution in [1.82, 2.24) is 8.61 Å². The molecule has 0 aliphatic heterocycles. The zero-order chi connectivity index (χ0) is 16.2. The number of benzene rings is 1. The molecule has 0 fully saturated rings. The third-order valence-corrected chi connectivity index (χ3v) is 5.41. The molecule has 0 saturated carbocycles. The van der Waals surface area contributed by atoms with Crippen LogP contribution in [0.3, 0.4) is 0 Å². The first-order chi connectivity index (χ1) is 9.70. The lowest BCUT2D eigenvalue weighted by Crippen LogP contribution is -2.43. The van der Waals surface area contributed by atoms with Crippen molar-refractivity contribution in [1.29, 1.82) is 5.26 Å². The summed E-state index contributed by atoms with van der Waals surface area (Å²) >= 11 is 5.79. The van der Waals surface area contributed by atoms with Crippen molar-refractivity contribution >= 4 is 21.8 Å². The quantitative estimate of drug-likeness (QED) is 0.803. The van der Waals surface area contributed by atoms with Gasteiger partial charge in [-0.25, -0.2) is 4.39 Å². The zero-order valence-electron chi connectivity index (χ0n) is 12.0. The molecule has 0 N–H and O–H groups in total. The van der Waals surface area contributed by atoms with E-state index in [1.165, 1.54) is 32.3 Å². The van der Waals surface area contributed by atoms with Crippen LogP contribution < -0.4 is 0 Å². The fourth-order valence-corrected chi connectivity index (χ4v) is 3.16. The van der Waals surface area contributed by atoms with Gasteiger partial charge in [-0.1, -0.05) is 11.6 Å². The average Bonchev–Trinajstić information content (AvgIpc) is 2.42. The van der Waals surface area contributed by atoms with E-state index in [4.69, 9.17) is 16.9 Å². The van der Waals surface area contributed by atoms with E-state index in [1.807, 2.05) is 6.07 Å². The lowest BCUT2D eigenvalue weighted by molar-refractivity contribution is 0.343. The van der Waals surface area contributed by atoms with Crippen LogP contribution in [-0.4, -0.2) is 37.2 Å². The molecule has 0 aromatic heterocycles. The molecule has 21 heavy (non-hydrogen) atoms. The summed E-state index contributed by atoms with van der Waals surface area (Å²) < 4.78 is 40.4. The Morgan fingerprint density at radius 3 is 2.62 bits per heavy atom. The van der Waals surface area contributed by atoms with Crippen molar-refractivity contribution in [2.24, 2.45) is 0 Å². The van der Waals surface area contributed by atoms with Gasteiger partial charge in [-0.15, -0.1) is 0 Å². The highest BCUT2D eigenvalue weighted by Gasteiger charge is 2.28. The van der Waals surface area contributed by atoms with E-state index < -0.39 is 22.1 Å². The van der Waals surface area contributed by atoms with E-state index in [9.17, 15) is 12.8 Å². The highest BCUT2D eigenvalue weighted by Crippen LogP contribution is 2.19. The highest BCUT2D eigenvalue weighted by atomic mass is 35.5. The first-order valence-electron chi connectivity index (χ1n) is 6.20. The molecule has 1 rings (SSSR count). The van der Waals surface area contributed by atoms with Crippen LogP contribution in [-0.2, 0) is 16.8 Å². The predicted octanol–water partition coefficient (Wildman–Crippen LogP) is 2.39. The van der Waals surface area contributed by atoms with E-state index in [0.717, 1.165) is 8.61 Å². The normalized spacial score (nSPS) is 13.4. The molecular weight excluding hydrogens is 317 g/mol. The van der Waals surface area contributed by atoms with E-state index in [0.29, 0.717) is 5.02 Å². The van der Waals surface area contributed by atoms with E-state index in [-0.39, 0.29) is 18.5 Å². The van der Waals surface area contributed by atoms with Crippen LogP contribution >= 0.6 is 11.6 Å². The van der Waals surface area contributed by atoms with Crippen molar-refractivity contribution in [2.45, 2.75) is 25.9 Å². The number of halogens is 2. The standard InChI is InChI=1S/C13H17ClFN3O2S/c1-10(6-7-16)18(3)21(19,20)17(2)9-11-8-12(14)4-5-13(11)15/h4-5,8,10H,6,9H2,1-3H3/t10-/m0/s1. The van der Waals surface area contributed by atoms with Gasteiger partial charge < -0.3 is 0 Å².